The van der Waals surface area contributed by atoms with Crippen LogP contribution in [0, 0.1) is 0 Å². The van der Waals surface area contributed by atoms with Gasteiger partial charge in [0.15, 0.2) is 16.8 Å². The first kappa shape index (κ1) is 23.7. The zero-order valence-electron chi connectivity index (χ0n) is 18.2. The third kappa shape index (κ3) is 5.21. The van der Waals surface area contributed by atoms with Gasteiger partial charge in [-0.25, -0.2) is 0 Å². The predicted molar refractivity (Wildman–Crippen MR) is 136 cm³/mol. The van der Waals surface area contributed by atoms with E-state index in [0.717, 1.165) is 4.47 Å². The predicted octanol–water partition coefficient (Wildman–Crippen LogP) is 5.39. The van der Waals surface area contributed by atoms with Crippen molar-refractivity contribution in [3.05, 3.63) is 88.4 Å². The zero-order valence-corrected chi connectivity index (χ0v) is 20.6. The number of halogens is 1. The maximum Gasteiger partial charge on any atom is 0.234 e. The van der Waals surface area contributed by atoms with Crippen LogP contribution >= 0.6 is 27.7 Å². The molecular formula is C25H21BrN4O3S. The smallest absolute Gasteiger partial charge is 0.234 e. The monoisotopic (exact) mass is 536 g/mol. The SMILES string of the molecule is CCn1c(SCC(=O)Nc2ccccc2C(=O)c2ccccc2)nnc1-c1cc(Br)ccc1O. The van der Waals surface area contributed by atoms with Crippen LogP contribution in [-0.2, 0) is 11.3 Å². The van der Waals surface area contributed by atoms with E-state index in [2.05, 4.69) is 31.4 Å². The van der Waals surface area contributed by atoms with Crippen LogP contribution in [0.4, 0.5) is 5.69 Å². The summed E-state index contributed by atoms with van der Waals surface area (Å²) in [5.74, 6) is 0.266. The highest BCUT2D eigenvalue weighted by molar-refractivity contribution is 9.10. The third-order valence-electron chi connectivity index (χ3n) is 5.05. The van der Waals surface area contributed by atoms with Crippen LogP contribution in [0.2, 0.25) is 0 Å². The molecule has 172 valence electrons. The Labute approximate surface area is 209 Å². The molecule has 0 spiro atoms. The van der Waals surface area contributed by atoms with Crippen LogP contribution in [0.3, 0.4) is 0 Å². The van der Waals surface area contributed by atoms with Crippen molar-refractivity contribution in [3.63, 3.8) is 0 Å². The number of ketones is 1. The third-order valence-corrected chi connectivity index (χ3v) is 6.51. The molecule has 1 aromatic heterocycles. The maximum absolute atomic E-state index is 12.9. The van der Waals surface area contributed by atoms with E-state index in [1.165, 1.54) is 11.8 Å². The fraction of sp³-hybridized carbons (Fsp3) is 0.120. The number of phenols is 1. The number of aromatic hydroxyl groups is 1. The molecule has 0 saturated heterocycles. The number of carbonyl (C=O) groups excluding carboxylic acids is 2. The van der Waals surface area contributed by atoms with Crippen molar-refractivity contribution in [3.8, 4) is 17.1 Å². The lowest BCUT2D eigenvalue weighted by molar-refractivity contribution is -0.113. The van der Waals surface area contributed by atoms with Gasteiger partial charge in [-0.1, -0.05) is 70.2 Å². The summed E-state index contributed by atoms with van der Waals surface area (Å²) in [6, 6.07) is 21.0. The van der Waals surface area contributed by atoms with Crippen LogP contribution in [0.15, 0.2) is 82.4 Å². The number of carbonyl (C=O) groups is 2. The molecule has 3 aromatic carbocycles. The van der Waals surface area contributed by atoms with E-state index in [9.17, 15) is 14.7 Å². The molecule has 0 aliphatic heterocycles. The second-order valence-corrected chi connectivity index (χ2v) is 9.15. The van der Waals surface area contributed by atoms with E-state index >= 15 is 0 Å². The van der Waals surface area contributed by atoms with Gasteiger partial charge in [0, 0.05) is 22.1 Å². The number of amides is 1. The quantitative estimate of drug-likeness (QED) is 0.231. The van der Waals surface area contributed by atoms with E-state index in [-0.39, 0.29) is 23.2 Å². The summed E-state index contributed by atoms with van der Waals surface area (Å²) in [5.41, 5.74) is 1.99. The number of aromatic nitrogens is 3. The summed E-state index contributed by atoms with van der Waals surface area (Å²) in [7, 11) is 0. The van der Waals surface area contributed by atoms with Gasteiger partial charge >= 0.3 is 0 Å². The highest BCUT2D eigenvalue weighted by Crippen LogP contribution is 2.32. The molecule has 1 heterocycles. The summed E-state index contributed by atoms with van der Waals surface area (Å²) in [6.07, 6.45) is 0. The molecule has 0 bridgehead atoms. The fourth-order valence-electron chi connectivity index (χ4n) is 3.42. The Hall–Kier alpha value is -3.43. The van der Waals surface area contributed by atoms with Gasteiger partial charge in [0.25, 0.3) is 0 Å². The lowest BCUT2D eigenvalue weighted by atomic mass is 10.0. The molecule has 0 aliphatic carbocycles. The molecule has 1 amide bonds. The van der Waals surface area contributed by atoms with Crippen LogP contribution in [0.1, 0.15) is 22.8 Å². The van der Waals surface area contributed by atoms with Gasteiger partial charge < -0.3 is 15.0 Å². The minimum absolute atomic E-state index is 0.0798. The van der Waals surface area contributed by atoms with Crippen LogP contribution in [0.25, 0.3) is 11.4 Å². The molecule has 0 aliphatic rings. The summed E-state index contributed by atoms with van der Waals surface area (Å²) in [5, 5.41) is 22.1. The summed E-state index contributed by atoms with van der Waals surface area (Å²) in [4.78, 5) is 25.6. The van der Waals surface area contributed by atoms with Crippen molar-refractivity contribution in [2.75, 3.05) is 11.1 Å². The standard InChI is InChI=1S/C25H21BrN4O3S/c1-2-30-24(19-14-17(26)12-13-21(19)31)28-29-25(30)34-15-22(32)27-20-11-7-6-10-18(20)23(33)16-8-4-3-5-9-16/h3-14,31H,2,15H2,1H3,(H,27,32). The number of rotatable bonds is 8. The van der Waals surface area contributed by atoms with E-state index in [1.54, 1.807) is 66.7 Å². The van der Waals surface area contributed by atoms with Gasteiger partial charge in [0.1, 0.15) is 5.75 Å². The molecule has 34 heavy (non-hydrogen) atoms. The van der Waals surface area contributed by atoms with Gasteiger partial charge in [-0.2, -0.15) is 0 Å². The molecule has 4 rings (SSSR count). The molecule has 0 radical (unpaired) electrons. The molecule has 7 nitrogen and oxygen atoms in total. The maximum atomic E-state index is 12.9. The Morgan fingerprint density at radius 1 is 1.03 bits per heavy atom. The first-order chi connectivity index (χ1) is 16.5. The highest BCUT2D eigenvalue weighted by atomic mass is 79.9. The molecule has 2 N–H and O–H groups in total. The Bertz CT molecular complexity index is 1340. The molecule has 0 saturated carbocycles. The number of nitrogens with one attached hydrogen (secondary N) is 1. The van der Waals surface area contributed by atoms with Crippen molar-refractivity contribution in [1.82, 2.24) is 14.8 Å². The topological polar surface area (TPSA) is 97.1 Å². The average Bonchev–Trinajstić information content (AvgIpc) is 3.27. The Morgan fingerprint density at radius 2 is 1.76 bits per heavy atom. The largest absolute Gasteiger partial charge is 0.507 e. The van der Waals surface area contributed by atoms with Crippen molar-refractivity contribution >= 4 is 45.1 Å². The average molecular weight is 537 g/mol. The van der Waals surface area contributed by atoms with Crippen molar-refractivity contribution in [2.45, 2.75) is 18.6 Å². The number of para-hydroxylation sites is 1. The van der Waals surface area contributed by atoms with Crippen molar-refractivity contribution in [1.29, 1.82) is 0 Å². The van der Waals surface area contributed by atoms with Gasteiger partial charge in [0.05, 0.1) is 17.0 Å². The van der Waals surface area contributed by atoms with Crippen molar-refractivity contribution in [2.24, 2.45) is 0 Å². The van der Waals surface area contributed by atoms with Gasteiger partial charge in [-0.15, -0.1) is 10.2 Å². The van der Waals surface area contributed by atoms with Gasteiger partial charge in [-0.05, 0) is 37.3 Å². The lowest BCUT2D eigenvalue weighted by Crippen LogP contribution is -2.17. The molecule has 4 aromatic rings. The summed E-state index contributed by atoms with van der Waals surface area (Å²) < 4.78 is 2.65. The van der Waals surface area contributed by atoms with Gasteiger partial charge in [-0.3, -0.25) is 9.59 Å². The molecule has 9 heteroatoms. The highest BCUT2D eigenvalue weighted by Gasteiger charge is 2.19. The van der Waals surface area contributed by atoms with E-state index in [4.69, 9.17) is 0 Å². The number of anilines is 1. The Morgan fingerprint density at radius 3 is 2.53 bits per heavy atom. The Kier molecular flexibility index (Phi) is 7.44. The van der Waals surface area contributed by atoms with E-state index < -0.39 is 0 Å². The minimum atomic E-state index is -0.268. The number of thioether (sulfide) groups is 1. The zero-order chi connectivity index (χ0) is 24.1. The number of benzene rings is 3. The number of hydrogen-bond donors (Lipinski definition) is 2. The molecule has 0 fully saturated rings. The molecular weight excluding hydrogens is 516 g/mol. The second-order valence-electron chi connectivity index (χ2n) is 7.29. The van der Waals surface area contributed by atoms with Crippen LogP contribution in [-0.4, -0.2) is 37.3 Å². The van der Waals surface area contributed by atoms with Crippen LogP contribution in [0.5, 0.6) is 5.75 Å². The minimum Gasteiger partial charge on any atom is -0.507 e. The van der Waals surface area contributed by atoms with E-state index in [0.29, 0.717) is 39.9 Å². The molecule has 0 atom stereocenters. The first-order valence-electron chi connectivity index (χ1n) is 10.5. The first-order valence-corrected chi connectivity index (χ1v) is 12.3. The van der Waals surface area contributed by atoms with Crippen LogP contribution < -0.4 is 5.32 Å². The fourth-order valence-corrected chi connectivity index (χ4v) is 4.58. The molecule has 0 unspecified atom stereocenters. The van der Waals surface area contributed by atoms with Crippen molar-refractivity contribution < 1.29 is 14.7 Å². The number of nitrogens with zero attached hydrogens (tertiary/aromatic N) is 3. The van der Waals surface area contributed by atoms with E-state index in [1.807, 2.05) is 17.6 Å². The number of phenolic OH excluding ortho intramolecular Hbond substituents is 1. The number of hydrogen-bond acceptors (Lipinski definition) is 6. The second kappa shape index (κ2) is 10.7. The summed E-state index contributed by atoms with van der Waals surface area (Å²) >= 11 is 4.64. The Balaban J connectivity index is 1.48. The summed E-state index contributed by atoms with van der Waals surface area (Å²) in [6.45, 7) is 2.50. The lowest BCUT2D eigenvalue weighted by Gasteiger charge is -2.11. The van der Waals surface area contributed by atoms with Gasteiger partial charge in [0.2, 0.25) is 5.91 Å². The normalized spacial score (nSPS) is 10.8.